The average Bonchev–Trinajstić information content (AvgIpc) is 2.33. The summed E-state index contributed by atoms with van der Waals surface area (Å²) in [5, 5.41) is 15.3. The lowest BCUT2D eigenvalue weighted by Gasteiger charge is -2.38. The van der Waals surface area contributed by atoms with E-state index in [2.05, 4.69) is 25.0 Å². The molecule has 0 amide bonds. The molecule has 3 rings (SSSR count). The number of hydrogen-bond donors (Lipinski definition) is 0. The minimum Gasteiger partial charge on any atom is -0.591 e. The summed E-state index contributed by atoms with van der Waals surface area (Å²) < 4.78 is 5.65. The van der Waals surface area contributed by atoms with Crippen molar-refractivity contribution < 1.29 is 9.58 Å². The van der Waals surface area contributed by atoms with Gasteiger partial charge in [-0.2, -0.15) is 0 Å². The van der Waals surface area contributed by atoms with Gasteiger partial charge in [0.15, 0.2) is 5.15 Å². The molecule has 0 saturated carbocycles. The zero-order valence-corrected chi connectivity index (χ0v) is 11.4. The van der Waals surface area contributed by atoms with Crippen molar-refractivity contribution in [1.29, 1.82) is 0 Å². The molecule has 0 radical (unpaired) electrons. The Morgan fingerprint density at radius 3 is 2.79 bits per heavy atom. The van der Waals surface area contributed by atoms with Crippen molar-refractivity contribution in [3.05, 3.63) is 51.8 Å². The zero-order chi connectivity index (χ0) is 13.6. The van der Waals surface area contributed by atoms with Crippen LogP contribution in [0.1, 0.15) is 25.0 Å². The molecule has 19 heavy (non-hydrogen) atoms. The fourth-order valence-corrected chi connectivity index (χ4v) is 2.60. The third kappa shape index (κ3) is 2.02. The molecule has 0 spiro atoms. The van der Waals surface area contributed by atoms with E-state index in [4.69, 9.17) is 16.3 Å². The van der Waals surface area contributed by atoms with Crippen molar-refractivity contribution in [2.24, 2.45) is 0 Å². The highest BCUT2D eigenvalue weighted by atomic mass is 35.5. The second kappa shape index (κ2) is 4.10. The van der Waals surface area contributed by atoms with Crippen LogP contribution in [0, 0.1) is 5.21 Å². The molecule has 0 unspecified atom stereocenters. The number of fused-ring (bicyclic) bond motifs is 1. The minimum atomic E-state index is 0.127. The molecule has 2 aromatic rings. The van der Waals surface area contributed by atoms with Crippen LogP contribution in [0.15, 0.2) is 30.3 Å². The standard InChI is InChI=1S/C14H13ClN2O2/c1-14(2)8-9-10(14)4-3-5-11(9)19-13-7-6-12(15)16-17(13)18/h3-7H,8H2,1-2H3. The van der Waals surface area contributed by atoms with Crippen LogP contribution in [0.4, 0.5) is 0 Å². The molecule has 98 valence electrons. The topological polar surface area (TPSA) is 49.1 Å². The predicted octanol–water partition coefficient (Wildman–Crippen LogP) is 2.99. The molecule has 0 N–H and O–H groups in total. The highest BCUT2D eigenvalue weighted by molar-refractivity contribution is 6.29. The van der Waals surface area contributed by atoms with E-state index in [0.717, 1.165) is 12.0 Å². The highest BCUT2D eigenvalue weighted by Crippen LogP contribution is 2.45. The molecular weight excluding hydrogens is 264 g/mol. The van der Waals surface area contributed by atoms with Gasteiger partial charge in [-0.3, -0.25) is 0 Å². The summed E-state index contributed by atoms with van der Waals surface area (Å²) in [5.41, 5.74) is 2.60. The number of nitrogens with zero attached hydrogens (tertiary/aromatic N) is 2. The fourth-order valence-electron chi connectivity index (χ4n) is 2.47. The molecule has 1 aromatic carbocycles. The van der Waals surface area contributed by atoms with Crippen molar-refractivity contribution in [3.63, 3.8) is 0 Å². The van der Waals surface area contributed by atoms with Gasteiger partial charge in [-0.05, 0) is 39.9 Å². The predicted molar refractivity (Wildman–Crippen MR) is 71.5 cm³/mol. The lowest BCUT2D eigenvalue weighted by Crippen LogP contribution is -2.34. The Morgan fingerprint density at radius 2 is 2.11 bits per heavy atom. The Bertz CT molecular complexity index is 656. The van der Waals surface area contributed by atoms with Gasteiger partial charge in [0, 0.05) is 5.10 Å². The molecule has 0 fully saturated rings. The zero-order valence-electron chi connectivity index (χ0n) is 10.7. The second-order valence-corrected chi connectivity index (χ2v) is 5.70. The lowest BCUT2D eigenvalue weighted by molar-refractivity contribution is -0.673. The molecule has 0 aliphatic heterocycles. The molecule has 5 heteroatoms. The Labute approximate surface area is 116 Å². The second-order valence-electron chi connectivity index (χ2n) is 5.31. The SMILES string of the molecule is CC1(C)Cc2c(Oc3ccc(Cl)n[n+]3[O-])cccc21. The summed E-state index contributed by atoms with van der Waals surface area (Å²) in [4.78, 5) is 0.394. The largest absolute Gasteiger partial charge is 0.591 e. The van der Waals surface area contributed by atoms with Gasteiger partial charge < -0.3 is 9.94 Å². The van der Waals surface area contributed by atoms with Crippen LogP contribution in [0.3, 0.4) is 0 Å². The highest BCUT2D eigenvalue weighted by Gasteiger charge is 2.36. The van der Waals surface area contributed by atoms with E-state index < -0.39 is 0 Å². The quantitative estimate of drug-likeness (QED) is 0.626. The smallest absolute Gasteiger partial charge is 0.411 e. The van der Waals surface area contributed by atoms with Crippen LogP contribution in [-0.2, 0) is 11.8 Å². The molecule has 1 aliphatic rings. The lowest BCUT2D eigenvalue weighted by atomic mass is 9.66. The number of halogens is 1. The Balaban J connectivity index is 1.95. The van der Waals surface area contributed by atoms with Crippen molar-refractivity contribution in [3.8, 4) is 11.6 Å². The maximum absolute atomic E-state index is 11.6. The summed E-state index contributed by atoms with van der Waals surface area (Å²) in [6.45, 7) is 4.38. The van der Waals surface area contributed by atoms with Crippen LogP contribution in [-0.4, -0.2) is 5.10 Å². The van der Waals surface area contributed by atoms with Crippen molar-refractivity contribution in [2.75, 3.05) is 0 Å². The molecule has 4 nitrogen and oxygen atoms in total. The molecule has 1 aliphatic carbocycles. The van der Waals surface area contributed by atoms with Crippen LogP contribution in [0.5, 0.6) is 11.6 Å². The van der Waals surface area contributed by atoms with E-state index in [1.165, 1.54) is 17.7 Å². The monoisotopic (exact) mass is 276 g/mol. The first-order valence-electron chi connectivity index (χ1n) is 6.04. The summed E-state index contributed by atoms with van der Waals surface area (Å²) in [7, 11) is 0. The summed E-state index contributed by atoms with van der Waals surface area (Å²) >= 11 is 5.64. The van der Waals surface area contributed by atoms with Gasteiger partial charge in [-0.25, -0.2) is 0 Å². The van der Waals surface area contributed by atoms with Crippen LogP contribution >= 0.6 is 11.6 Å². The van der Waals surface area contributed by atoms with Gasteiger partial charge in [-0.1, -0.05) is 37.6 Å². The molecule has 0 saturated heterocycles. The third-order valence-corrected chi connectivity index (χ3v) is 3.64. The number of benzene rings is 1. The number of aromatic nitrogens is 2. The van der Waals surface area contributed by atoms with E-state index in [1.807, 2.05) is 12.1 Å². The number of ether oxygens (including phenoxy) is 1. The van der Waals surface area contributed by atoms with E-state index in [-0.39, 0.29) is 16.4 Å². The Kier molecular flexibility index (Phi) is 2.64. The maximum atomic E-state index is 11.6. The van der Waals surface area contributed by atoms with Gasteiger partial charge >= 0.3 is 5.88 Å². The third-order valence-electron chi connectivity index (χ3n) is 3.43. The van der Waals surface area contributed by atoms with E-state index >= 15 is 0 Å². The molecule has 0 atom stereocenters. The molecular formula is C14H13ClN2O2. The van der Waals surface area contributed by atoms with Gasteiger partial charge in [0.25, 0.3) is 0 Å². The number of hydrogen-bond acceptors (Lipinski definition) is 3. The van der Waals surface area contributed by atoms with Gasteiger partial charge in [-0.15, -0.1) is 0 Å². The van der Waals surface area contributed by atoms with E-state index in [1.54, 1.807) is 0 Å². The first-order valence-corrected chi connectivity index (χ1v) is 6.42. The Morgan fingerprint density at radius 1 is 1.32 bits per heavy atom. The normalized spacial score (nSPS) is 15.5. The summed E-state index contributed by atoms with van der Waals surface area (Å²) in [6, 6.07) is 8.95. The summed E-state index contributed by atoms with van der Waals surface area (Å²) in [6.07, 6.45) is 0.943. The van der Waals surface area contributed by atoms with Crippen LogP contribution in [0.25, 0.3) is 0 Å². The number of rotatable bonds is 2. The van der Waals surface area contributed by atoms with Gasteiger partial charge in [0.05, 0.1) is 6.07 Å². The first kappa shape index (κ1) is 12.2. The molecule has 0 bridgehead atoms. The molecule has 1 heterocycles. The Hall–Kier alpha value is -1.81. The van der Waals surface area contributed by atoms with Crippen molar-refractivity contribution in [1.82, 2.24) is 5.10 Å². The van der Waals surface area contributed by atoms with E-state index in [0.29, 0.717) is 10.6 Å². The molecule has 1 aromatic heterocycles. The fraction of sp³-hybridized carbons (Fsp3) is 0.286. The first-order chi connectivity index (χ1) is 8.97. The van der Waals surface area contributed by atoms with Crippen LogP contribution in [0.2, 0.25) is 5.15 Å². The van der Waals surface area contributed by atoms with Gasteiger partial charge in [0.2, 0.25) is 0 Å². The van der Waals surface area contributed by atoms with Gasteiger partial charge in [0.1, 0.15) is 5.75 Å². The van der Waals surface area contributed by atoms with Crippen molar-refractivity contribution >= 4 is 11.6 Å². The maximum Gasteiger partial charge on any atom is 0.411 e. The van der Waals surface area contributed by atoms with Crippen LogP contribution < -0.4 is 9.58 Å². The minimum absolute atomic E-state index is 0.127. The van der Waals surface area contributed by atoms with Crippen molar-refractivity contribution in [2.45, 2.75) is 25.7 Å². The average molecular weight is 277 g/mol. The van der Waals surface area contributed by atoms with E-state index in [9.17, 15) is 5.21 Å². The summed E-state index contributed by atoms with van der Waals surface area (Å²) in [5.74, 6) is 0.841.